The molecule has 6 atom stereocenters. The van der Waals surface area contributed by atoms with Gasteiger partial charge in [-0.15, -0.1) is 0 Å². The number of ether oxygens (including phenoxy) is 1. The topological polar surface area (TPSA) is 61.8 Å². The van der Waals surface area contributed by atoms with Crippen LogP contribution in [0.25, 0.3) is 0 Å². The lowest BCUT2D eigenvalue weighted by Crippen LogP contribution is -2.49. The summed E-state index contributed by atoms with van der Waals surface area (Å²) in [5.74, 6) is 1.60. The quantitative estimate of drug-likeness (QED) is 0.302. The van der Waals surface area contributed by atoms with Gasteiger partial charge >= 0.3 is 0 Å². The lowest BCUT2D eigenvalue weighted by Gasteiger charge is -2.45. The van der Waals surface area contributed by atoms with Crippen molar-refractivity contribution in [2.45, 2.75) is 62.7 Å². The van der Waals surface area contributed by atoms with E-state index in [0.717, 1.165) is 61.7 Å². The third-order valence-electron chi connectivity index (χ3n) is 9.36. The van der Waals surface area contributed by atoms with Crippen LogP contribution in [0.4, 0.5) is 5.69 Å². The van der Waals surface area contributed by atoms with Crippen molar-refractivity contribution in [1.82, 2.24) is 4.72 Å². The molecule has 1 fully saturated rings. The number of fused-ring (bicyclic) bond motifs is 4. The zero-order valence-corrected chi connectivity index (χ0v) is 23.7. The van der Waals surface area contributed by atoms with Crippen molar-refractivity contribution < 1.29 is 14.6 Å². The van der Waals surface area contributed by atoms with E-state index in [-0.39, 0.29) is 28.4 Å². The molecule has 0 saturated heterocycles. The average Bonchev–Trinajstić information content (AvgIpc) is 3.04. The Morgan fingerprint density at radius 1 is 1.16 bits per heavy atom. The van der Waals surface area contributed by atoms with Gasteiger partial charge in [0.15, 0.2) is 0 Å². The summed E-state index contributed by atoms with van der Waals surface area (Å²) in [6.45, 7) is 6.50. The number of aliphatic hydroxyl groups excluding tert-OH is 1. The standard InChI is InChI=1S/C31H37ClN2O3S/c1-19-5-11-28(35)25-9-6-23(25)16-34-17-31(13-3-4-21-14-24(32)8-10-26(21)31)18-37-29-12-7-22(15-27(29)34)30(36)33-38-20(19)2/h5,7-8,10-12,14-15,19-20,23,25,28,35H,3-4,6,9,13,16-18H2,1-2H3,(H,33,36)/b11-5-/t19-,20-,23+,25-,28+,31+/m1/s1. The van der Waals surface area contributed by atoms with E-state index >= 15 is 0 Å². The van der Waals surface area contributed by atoms with Gasteiger partial charge < -0.3 is 14.7 Å². The zero-order valence-electron chi connectivity index (χ0n) is 22.2. The first kappa shape index (κ1) is 26.1. The van der Waals surface area contributed by atoms with Crippen LogP contribution in [0.5, 0.6) is 5.75 Å². The molecular weight excluding hydrogens is 516 g/mol. The maximum absolute atomic E-state index is 13.2. The van der Waals surface area contributed by atoms with Crippen LogP contribution in [0.1, 0.15) is 61.0 Å². The number of aliphatic hydroxyl groups is 1. The van der Waals surface area contributed by atoms with Crippen LogP contribution in [-0.4, -0.2) is 42.1 Å². The number of nitrogens with one attached hydrogen (secondary N) is 1. The summed E-state index contributed by atoms with van der Waals surface area (Å²) < 4.78 is 9.63. The minimum Gasteiger partial charge on any atom is -0.490 e. The largest absolute Gasteiger partial charge is 0.490 e. The average molecular weight is 553 g/mol. The van der Waals surface area contributed by atoms with Gasteiger partial charge in [0, 0.05) is 34.3 Å². The van der Waals surface area contributed by atoms with Gasteiger partial charge in [0.1, 0.15) is 5.75 Å². The number of anilines is 1. The van der Waals surface area contributed by atoms with Crippen molar-refractivity contribution in [1.29, 1.82) is 0 Å². The number of allylic oxidation sites excluding steroid dienone is 1. The van der Waals surface area contributed by atoms with Gasteiger partial charge in [-0.3, -0.25) is 9.52 Å². The molecule has 5 nitrogen and oxygen atoms in total. The number of carbonyl (C=O) groups excluding carboxylic acids is 1. The lowest BCUT2D eigenvalue weighted by atomic mass is 9.68. The minimum absolute atomic E-state index is 0.0891. The molecule has 2 aromatic carbocycles. The molecule has 0 aromatic heterocycles. The van der Waals surface area contributed by atoms with Crippen molar-refractivity contribution in [3.05, 3.63) is 70.3 Å². The fraction of sp³-hybridized carbons (Fsp3) is 0.516. The second kappa shape index (κ2) is 10.4. The highest BCUT2D eigenvalue weighted by Crippen LogP contribution is 2.46. The SMILES string of the molecule is C[C@@H]1/C=C\[C@H](O)[C@@H]2CC[C@H]2CN2C[C@@]3(CCCc4cc(Cl)ccc43)COc3ccc(cc32)C(=O)NS[C@@H]1C. The van der Waals surface area contributed by atoms with Gasteiger partial charge in [-0.2, -0.15) is 0 Å². The Kier molecular flexibility index (Phi) is 7.17. The number of hydrogen-bond acceptors (Lipinski definition) is 5. The molecule has 202 valence electrons. The normalized spacial score (nSPS) is 33.8. The second-order valence-electron chi connectivity index (χ2n) is 11.8. The van der Waals surface area contributed by atoms with E-state index in [1.807, 2.05) is 30.3 Å². The van der Waals surface area contributed by atoms with Crippen LogP contribution in [0.15, 0.2) is 48.6 Å². The van der Waals surface area contributed by atoms with Gasteiger partial charge in [0.2, 0.25) is 0 Å². The first-order valence-corrected chi connectivity index (χ1v) is 15.2. The van der Waals surface area contributed by atoms with E-state index in [2.05, 4.69) is 41.7 Å². The fourth-order valence-corrected chi connectivity index (χ4v) is 7.62. The molecule has 1 amide bonds. The molecule has 2 heterocycles. The van der Waals surface area contributed by atoms with Crippen molar-refractivity contribution in [3.8, 4) is 5.75 Å². The van der Waals surface area contributed by atoms with Gasteiger partial charge in [-0.1, -0.05) is 43.7 Å². The molecule has 2 aliphatic heterocycles. The van der Waals surface area contributed by atoms with Crippen molar-refractivity contribution in [2.24, 2.45) is 17.8 Å². The molecule has 2 bridgehead atoms. The summed E-state index contributed by atoms with van der Waals surface area (Å²) >= 11 is 7.83. The monoisotopic (exact) mass is 552 g/mol. The Bertz CT molecular complexity index is 1250. The smallest absolute Gasteiger partial charge is 0.261 e. The minimum atomic E-state index is -0.450. The predicted octanol–water partition coefficient (Wildman–Crippen LogP) is 6.17. The molecule has 1 spiro atoms. The van der Waals surface area contributed by atoms with E-state index in [1.54, 1.807) is 0 Å². The Balaban J connectivity index is 1.41. The first-order chi connectivity index (χ1) is 18.3. The molecule has 38 heavy (non-hydrogen) atoms. The number of rotatable bonds is 0. The highest BCUT2D eigenvalue weighted by atomic mass is 35.5. The van der Waals surface area contributed by atoms with Crippen LogP contribution in [0.2, 0.25) is 5.02 Å². The number of benzene rings is 2. The number of aryl methyl sites for hydroxylation is 1. The molecule has 0 radical (unpaired) electrons. The number of carbonyl (C=O) groups is 1. The highest BCUT2D eigenvalue weighted by molar-refractivity contribution is 7.98. The van der Waals surface area contributed by atoms with E-state index in [1.165, 1.54) is 23.1 Å². The van der Waals surface area contributed by atoms with Crippen LogP contribution in [-0.2, 0) is 11.8 Å². The van der Waals surface area contributed by atoms with Crippen LogP contribution >= 0.6 is 23.5 Å². The Hall–Kier alpha value is -2.15. The number of halogens is 1. The zero-order chi connectivity index (χ0) is 26.4. The summed E-state index contributed by atoms with van der Waals surface area (Å²) in [6.07, 6.45) is 8.96. The van der Waals surface area contributed by atoms with Crippen molar-refractivity contribution >= 4 is 35.1 Å². The van der Waals surface area contributed by atoms with Gasteiger partial charge in [-0.05, 0) is 103 Å². The Labute approximate surface area is 235 Å². The van der Waals surface area contributed by atoms with E-state index < -0.39 is 6.10 Å². The van der Waals surface area contributed by atoms with E-state index in [9.17, 15) is 9.90 Å². The van der Waals surface area contributed by atoms with Crippen molar-refractivity contribution in [3.63, 3.8) is 0 Å². The summed E-state index contributed by atoms with van der Waals surface area (Å²) in [6, 6.07) is 12.2. The van der Waals surface area contributed by atoms with Crippen LogP contribution < -0.4 is 14.4 Å². The van der Waals surface area contributed by atoms with Gasteiger partial charge in [-0.25, -0.2) is 0 Å². The molecule has 6 rings (SSSR count). The molecule has 4 aliphatic rings. The highest BCUT2D eigenvalue weighted by Gasteiger charge is 2.44. The summed E-state index contributed by atoms with van der Waals surface area (Å²) in [5, 5.41) is 12.1. The summed E-state index contributed by atoms with van der Waals surface area (Å²) in [4.78, 5) is 15.6. The van der Waals surface area contributed by atoms with Crippen LogP contribution in [0.3, 0.4) is 0 Å². The third kappa shape index (κ3) is 4.84. The molecule has 2 N–H and O–H groups in total. The van der Waals surface area contributed by atoms with E-state index in [4.69, 9.17) is 16.3 Å². The maximum atomic E-state index is 13.2. The molecule has 2 aromatic rings. The molecule has 2 aliphatic carbocycles. The fourth-order valence-electron chi connectivity index (χ4n) is 6.71. The van der Waals surface area contributed by atoms with Gasteiger partial charge in [0.25, 0.3) is 5.91 Å². The van der Waals surface area contributed by atoms with Crippen molar-refractivity contribution in [2.75, 3.05) is 24.6 Å². The number of hydrogen-bond donors (Lipinski definition) is 2. The molecule has 0 unspecified atom stereocenters. The van der Waals surface area contributed by atoms with Crippen LogP contribution in [0, 0.1) is 17.8 Å². The Morgan fingerprint density at radius 3 is 2.84 bits per heavy atom. The molecular formula is C31H37ClN2O3S. The lowest BCUT2D eigenvalue weighted by molar-refractivity contribution is 0.0454. The second-order valence-corrected chi connectivity index (χ2v) is 13.4. The maximum Gasteiger partial charge on any atom is 0.261 e. The Morgan fingerprint density at radius 2 is 2.03 bits per heavy atom. The summed E-state index contributed by atoms with van der Waals surface area (Å²) in [5.41, 5.74) is 4.13. The number of nitrogens with zero attached hydrogens (tertiary/aromatic N) is 1. The first-order valence-electron chi connectivity index (χ1n) is 14.0. The predicted molar refractivity (Wildman–Crippen MR) is 155 cm³/mol. The third-order valence-corrected chi connectivity index (χ3v) is 10.7. The van der Waals surface area contributed by atoms with Gasteiger partial charge in [0.05, 0.1) is 18.4 Å². The molecule has 1 saturated carbocycles. The summed E-state index contributed by atoms with van der Waals surface area (Å²) in [7, 11) is 0. The van der Waals surface area contributed by atoms with E-state index in [0.29, 0.717) is 18.1 Å². The number of amides is 1. The molecule has 7 heteroatoms.